The molecule has 0 amide bonds. The number of sulfonamides is 1. The highest BCUT2D eigenvalue weighted by Gasteiger charge is 2.33. The number of rotatable bonds is 3. The lowest BCUT2D eigenvalue weighted by Crippen LogP contribution is -2.38. The molecule has 1 saturated heterocycles. The normalized spacial score (nSPS) is 17.3. The standard InChI is InChI=1S/C19H27N7O2S/c1-13-20-17(12-24(13)5)29(27,28)25-10-8-14(9-11-25)18-22-21-16-7-6-15(19(2,3)4)23-26(16)18/h6-7,12,14H,8-11H2,1-5H3. The number of aryl methyl sites for hydroxylation is 2. The highest BCUT2D eigenvalue weighted by molar-refractivity contribution is 7.89. The molecule has 4 heterocycles. The van der Waals surface area contributed by atoms with E-state index in [1.165, 1.54) is 4.31 Å². The molecule has 3 aromatic heterocycles. The van der Waals surface area contributed by atoms with Crippen LogP contribution in [0.2, 0.25) is 0 Å². The Morgan fingerprint density at radius 2 is 1.79 bits per heavy atom. The summed E-state index contributed by atoms with van der Waals surface area (Å²) in [6.45, 7) is 9.00. The fourth-order valence-corrected chi connectivity index (χ4v) is 5.09. The van der Waals surface area contributed by atoms with Gasteiger partial charge in [-0.1, -0.05) is 20.8 Å². The predicted octanol–water partition coefficient (Wildman–Crippen LogP) is 2.03. The van der Waals surface area contributed by atoms with E-state index in [0.717, 1.165) is 11.5 Å². The second-order valence-electron chi connectivity index (χ2n) is 8.71. The third kappa shape index (κ3) is 3.55. The average Bonchev–Trinajstić information content (AvgIpc) is 3.24. The Hall–Kier alpha value is -2.33. The Morgan fingerprint density at radius 3 is 2.38 bits per heavy atom. The Labute approximate surface area is 170 Å². The molecule has 0 atom stereocenters. The van der Waals surface area contributed by atoms with E-state index >= 15 is 0 Å². The summed E-state index contributed by atoms with van der Waals surface area (Å²) in [6.07, 6.45) is 2.92. The van der Waals surface area contributed by atoms with Crippen molar-refractivity contribution in [3.05, 3.63) is 35.7 Å². The van der Waals surface area contributed by atoms with E-state index in [0.29, 0.717) is 37.4 Å². The van der Waals surface area contributed by atoms with Gasteiger partial charge in [-0.15, -0.1) is 10.2 Å². The van der Waals surface area contributed by atoms with Gasteiger partial charge in [0, 0.05) is 37.7 Å². The summed E-state index contributed by atoms with van der Waals surface area (Å²) in [4.78, 5) is 4.20. The second kappa shape index (κ2) is 6.88. The maximum atomic E-state index is 12.9. The molecule has 0 spiro atoms. The Kier molecular flexibility index (Phi) is 4.73. The van der Waals surface area contributed by atoms with Gasteiger partial charge in [0.15, 0.2) is 16.5 Å². The van der Waals surface area contributed by atoms with Crippen LogP contribution in [0.25, 0.3) is 5.65 Å². The zero-order chi connectivity index (χ0) is 21.0. The Morgan fingerprint density at radius 1 is 1.10 bits per heavy atom. The lowest BCUT2D eigenvalue weighted by atomic mass is 9.92. The van der Waals surface area contributed by atoms with Crippen molar-refractivity contribution in [3.8, 4) is 0 Å². The summed E-state index contributed by atoms with van der Waals surface area (Å²) in [5.41, 5.74) is 1.61. The minimum Gasteiger partial charge on any atom is -0.337 e. The number of piperidine rings is 1. The first kappa shape index (κ1) is 20.0. The van der Waals surface area contributed by atoms with Crippen molar-refractivity contribution in [2.75, 3.05) is 13.1 Å². The molecular formula is C19H27N7O2S. The number of fused-ring (bicyclic) bond motifs is 1. The van der Waals surface area contributed by atoms with Crippen molar-refractivity contribution in [3.63, 3.8) is 0 Å². The predicted molar refractivity (Wildman–Crippen MR) is 108 cm³/mol. The van der Waals surface area contributed by atoms with Crippen LogP contribution in [0.5, 0.6) is 0 Å². The third-order valence-corrected chi connectivity index (χ3v) is 7.34. The van der Waals surface area contributed by atoms with E-state index in [2.05, 4.69) is 36.0 Å². The van der Waals surface area contributed by atoms with E-state index < -0.39 is 10.0 Å². The molecule has 0 unspecified atom stereocenters. The van der Waals surface area contributed by atoms with Gasteiger partial charge in [0.2, 0.25) is 0 Å². The molecule has 4 rings (SSSR count). The van der Waals surface area contributed by atoms with Gasteiger partial charge >= 0.3 is 0 Å². The average molecular weight is 418 g/mol. The summed E-state index contributed by atoms with van der Waals surface area (Å²) >= 11 is 0. The van der Waals surface area contributed by atoms with Crippen LogP contribution in [0.15, 0.2) is 23.4 Å². The van der Waals surface area contributed by atoms with Gasteiger partial charge in [0.05, 0.1) is 5.69 Å². The monoisotopic (exact) mass is 417 g/mol. The summed E-state index contributed by atoms with van der Waals surface area (Å²) in [5.74, 6) is 1.59. The fourth-order valence-electron chi connectivity index (χ4n) is 3.60. The van der Waals surface area contributed by atoms with Crippen LogP contribution in [-0.2, 0) is 22.5 Å². The summed E-state index contributed by atoms with van der Waals surface area (Å²) in [5, 5.41) is 13.5. The third-order valence-electron chi connectivity index (χ3n) is 5.57. The molecule has 0 N–H and O–H groups in total. The van der Waals surface area contributed by atoms with Crippen molar-refractivity contribution < 1.29 is 8.42 Å². The first-order valence-corrected chi connectivity index (χ1v) is 11.2. The van der Waals surface area contributed by atoms with E-state index in [-0.39, 0.29) is 16.4 Å². The van der Waals surface area contributed by atoms with Gasteiger partial charge < -0.3 is 4.57 Å². The first-order valence-electron chi connectivity index (χ1n) is 9.80. The van der Waals surface area contributed by atoms with Gasteiger partial charge in [-0.3, -0.25) is 0 Å². The van der Waals surface area contributed by atoms with Gasteiger partial charge in [0.25, 0.3) is 10.0 Å². The van der Waals surface area contributed by atoms with Gasteiger partial charge in [-0.2, -0.15) is 13.9 Å². The molecule has 0 aromatic carbocycles. The number of hydrogen-bond acceptors (Lipinski definition) is 6. The van der Waals surface area contributed by atoms with Crippen LogP contribution >= 0.6 is 0 Å². The summed E-state index contributed by atoms with van der Waals surface area (Å²) < 4.78 is 30.9. The van der Waals surface area contributed by atoms with Crippen molar-refractivity contribution >= 4 is 15.7 Å². The molecule has 0 saturated carbocycles. The topological polar surface area (TPSA) is 98.3 Å². The highest BCUT2D eigenvalue weighted by atomic mass is 32.2. The summed E-state index contributed by atoms with van der Waals surface area (Å²) in [7, 11) is -1.79. The SMILES string of the molecule is Cc1nc(S(=O)(=O)N2CCC(c3nnc4ccc(C(C)(C)C)nn34)CC2)cn1C. The van der Waals surface area contributed by atoms with Gasteiger partial charge in [-0.05, 0) is 31.9 Å². The van der Waals surface area contributed by atoms with Crippen molar-refractivity contribution in [1.29, 1.82) is 0 Å². The fraction of sp³-hybridized carbons (Fsp3) is 0.579. The van der Waals surface area contributed by atoms with Crippen LogP contribution < -0.4 is 0 Å². The number of aromatic nitrogens is 6. The molecule has 3 aromatic rings. The van der Waals surface area contributed by atoms with Crippen LogP contribution in [-0.4, -0.2) is 55.2 Å². The quantitative estimate of drug-likeness (QED) is 0.647. The van der Waals surface area contributed by atoms with Crippen molar-refractivity contribution in [2.24, 2.45) is 7.05 Å². The Balaban J connectivity index is 1.55. The molecule has 9 nitrogen and oxygen atoms in total. The maximum Gasteiger partial charge on any atom is 0.262 e. The Bertz CT molecular complexity index is 1130. The number of nitrogens with zero attached hydrogens (tertiary/aromatic N) is 7. The second-order valence-corrected chi connectivity index (χ2v) is 10.6. The van der Waals surface area contributed by atoms with E-state index in [1.807, 2.05) is 16.6 Å². The van der Waals surface area contributed by atoms with Crippen molar-refractivity contribution in [1.82, 2.24) is 33.7 Å². The largest absolute Gasteiger partial charge is 0.337 e. The number of imidazole rings is 1. The molecule has 1 fully saturated rings. The van der Waals surface area contributed by atoms with Crippen LogP contribution in [0.1, 0.15) is 56.9 Å². The molecule has 0 radical (unpaired) electrons. The van der Waals surface area contributed by atoms with Crippen molar-refractivity contribution in [2.45, 2.75) is 56.9 Å². The molecule has 29 heavy (non-hydrogen) atoms. The highest BCUT2D eigenvalue weighted by Crippen LogP contribution is 2.30. The van der Waals surface area contributed by atoms with Gasteiger partial charge in [-0.25, -0.2) is 13.4 Å². The van der Waals surface area contributed by atoms with E-state index in [1.54, 1.807) is 24.7 Å². The maximum absolute atomic E-state index is 12.9. The smallest absolute Gasteiger partial charge is 0.262 e. The van der Waals surface area contributed by atoms with E-state index in [4.69, 9.17) is 5.10 Å². The molecule has 10 heteroatoms. The molecule has 1 aliphatic heterocycles. The van der Waals surface area contributed by atoms with Crippen LogP contribution in [0.4, 0.5) is 0 Å². The minimum absolute atomic E-state index is 0.0754. The van der Waals surface area contributed by atoms with E-state index in [9.17, 15) is 8.42 Å². The molecule has 0 aliphatic carbocycles. The zero-order valence-electron chi connectivity index (χ0n) is 17.5. The molecule has 156 valence electrons. The van der Waals surface area contributed by atoms with Gasteiger partial charge in [0.1, 0.15) is 5.82 Å². The lowest BCUT2D eigenvalue weighted by molar-refractivity contribution is 0.310. The first-order chi connectivity index (χ1) is 13.6. The molecular weight excluding hydrogens is 390 g/mol. The molecule has 0 bridgehead atoms. The van der Waals surface area contributed by atoms with Crippen LogP contribution in [0.3, 0.4) is 0 Å². The zero-order valence-corrected chi connectivity index (χ0v) is 18.3. The molecule has 1 aliphatic rings. The van der Waals surface area contributed by atoms with Crippen LogP contribution in [0, 0.1) is 6.92 Å². The number of hydrogen-bond donors (Lipinski definition) is 0. The lowest BCUT2D eigenvalue weighted by Gasteiger charge is -2.29. The minimum atomic E-state index is -3.58. The summed E-state index contributed by atoms with van der Waals surface area (Å²) in [6, 6.07) is 3.92.